The molecule has 2 aromatic carbocycles. The molecule has 4 heteroatoms. The quantitative estimate of drug-likeness (QED) is 0.754. The molecule has 0 fully saturated rings. The summed E-state index contributed by atoms with van der Waals surface area (Å²) in [6.07, 6.45) is 1.06. The second-order valence-corrected chi connectivity index (χ2v) is 6.67. The van der Waals surface area contributed by atoms with Crippen LogP contribution < -0.4 is 9.64 Å². The molecule has 3 rings (SSSR count). The first-order valence-electron chi connectivity index (χ1n) is 9.00. The van der Waals surface area contributed by atoms with Crippen LogP contribution >= 0.6 is 0 Å². The Labute approximate surface area is 149 Å². The highest BCUT2D eigenvalue weighted by Gasteiger charge is 2.21. The third kappa shape index (κ3) is 4.68. The first-order valence-corrected chi connectivity index (χ1v) is 9.00. The van der Waals surface area contributed by atoms with E-state index in [1.807, 2.05) is 6.92 Å². The maximum Gasteiger partial charge on any atom is 0.162 e. The van der Waals surface area contributed by atoms with Gasteiger partial charge in [-0.05, 0) is 29.8 Å². The Bertz CT molecular complexity index is 711. The van der Waals surface area contributed by atoms with E-state index in [1.165, 1.54) is 16.0 Å². The van der Waals surface area contributed by atoms with Gasteiger partial charge in [0.05, 0.1) is 6.54 Å². The summed E-state index contributed by atoms with van der Waals surface area (Å²) in [6.45, 7) is 4.81. The smallest absolute Gasteiger partial charge is 0.162 e. The summed E-state index contributed by atoms with van der Waals surface area (Å²) in [7, 11) is 0. The first kappa shape index (κ1) is 17.6. The molecule has 0 aromatic heterocycles. The van der Waals surface area contributed by atoms with Gasteiger partial charge in [0.2, 0.25) is 0 Å². The Hall–Kier alpha value is -2.17. The number of benzene rings is 2. The number of carbonyl (C=O) groups excluding carboxylic acids is 1. The number of quaternary nitrogens is 1. The highest BCUT2D eigenvalue weighted by atomic mass is 16.5. The predicted octanol–water partition coefficient (Wildman–Crippen LogP) is 1.66. The lowest BCUT2D eigenvalue weighted by molar-refractivity contribution is -0.918. The number of nitrogens with one attached hydrogen (secondary N) is 1. The number of aliphatic hydroxyl groups is 1. The molecule has 132 valence electrons. The average molecular weight is 340 g/mol. The van der Waals surface area contributed by atoms with Crippen molar-refractivity contribution < 1.29 is 19.5 Å². The normalized spacial score (nSPS) is 17.6. The second kappa shape index (κ2) is 8.28. The maximum atomic E-state index is 11.6. The summed E-state index contributed by atoms with van der Waals surface area (Å²) < 4.78 is 5.67. The van der Waals surface area contributed by atoms with Gasteiger partial charge in [0.15, 0.2) is 5.78 Å². The van der Waals surface area contributed by atoms with Gasteiger partial charge < -0.3 is 14.7 Å². The molecule has 0 amide bonds. The zero-order chi connectivity index (χ0) is 17.6. The van der Waals surface area contributed by atoms with Gasteiger partial charge in [-0.25, -0.2) is 0 Å². The SMILES string of the molecule is CCC(=O)c1ccc(OC[C@H](O)C[NH+]2CCc3ccccc3C2)cc1. The van der Waals surface area contributed by atoms with Crippen molar-refractivity contribution in [3.05, 3.63) is 65.2 Å². The van der Waals surface area contributed by atoms with Gasteiger partial charge in [-0.3, -0.25) is 4.79 Å². The molecule has 1 unspecified atom stereocenters. The van der Waals surface area contributed by atoms with E-state index in [1.54, 1.807) is 24.3 Å². The van der Waals surface area contributed by atoms with Crippen molar-refractivity contribution in [2.24, 2.45) is 0 Å². The van der Waals surface area contributed by atoms with Crippen LogP contribution in [-0.2, 0) is 13.0 Å². The van der Waals surface area contributed by atoms with E-state index in [-0.39, 0.29) is 12.4 Å². The largest absolute Gasteiger partial charge is 0.491 e. The predicted molar refractivity (Wildman–Crippen MR) is 97.1 cm³/mol. The zero-order valence-electron chi connectivity index (χ0n) is 14.7. The van der Waals surface area contributed by atoms with Gasteiger partial charge in [-0.15, -0.1) is 0 Å². The lowest BCUT2D eigenvalue weighted by Gasteiger charge is -2.27. The van der Waals surface area contributed by atoms with E-state index in [2.05, 4.69) is 24.3 Å². The lowest BCUT2D eigenvalue weighted by Crippen LogP contribution is -3.13. The second-order valence-electron chi connectivity index (χ2n) is 6.67. The third-order valence-corrected chi connectivity index (χ3v) is 4.77. The van der Waals surface area contributed by atoms with Gasteiger partial charge >= 0.3 is 0 Å². The number of ether oxygens (including phenoxy) is 1. The molecule has 1 aliphatic heterocycles. The van der Waals surface area contributed by atoms with Crippen LogP contribution in [0.2, 0.25) is 0 Å². The highest BCUT2D eigenvalue weighted by molar-refractivity contribution is 5.95. The molecule has 2 atom stereocenters. The maximum absolute atomic E-state index is 11.6. The Morgan fingerprint density at radius 1 is 1.16 bits per heavy atom. The molecule has 1 heterocycles. The molecule has 2 N–H and O–H groups in total. The summed E-state index contributed by atoms with van der Waals surface area (Å²) in [5, 5.41) is 10.3. The standard InChI is InChI=1S/C21H25NO3/c1-2-21(24)17-7-9-20(10-8-17)25-15-19(23)14-22-12-11-16-5-3-4-6-18(16)13-22/h3-10,19,23H,2,11-15H2,1H3/p+1/t19-/m1/s1. The van der Waals surface area contributed by atoms with Crippen LogP contribution in [0, 0.1) is 0 Å². The molecule has 0 aliphatic carbocycles. The van der Waals surface area contributed by atoms with E-state index in [4.69, 9.17) is 4.74 Å². The van der Waals surface area contributed by atoms with Crippen molar-refractivity contribution in [3.63, 3.8) is 0 Å². The Balaban J connectivity index is 1.47. The van der Waals surface area contributed by atoms with Crippen molar-refractivity contribution >= 4 is 5.78 Å². The van der Waals surface area contributed by atoms with Crippen LogP contribution in [0.25, 0.3) is 0 Å². The molecule has 25 heavy (non-hydrogen) atoms. The van der Waals surface area contributed by atoms with Gasteiger partial charge in [0.25, 0.3) is 0 Å². The summed E-state index contributed by atoms with van der Waals surface area (Å²) >= 11 is 0. The van der Waals surface area contributed by atoms with Crippen LogP contribution in [-0.4, -0.2) is 36.7 Å². The molecule has 0 radical (unpaired) electrons. The number of aliphatic hydroxyl groups excluding tert-OH is 1. The van der Waals surface area contributed by atoms with E-state index in [9.17, 15) is 9.90 Å². The van der Waals surface area contributed by atoms with Crippen molar-refractivity contribution in [1.82, 2.24) is 0 Å². The number of fused-ring (bicyclic) bond motifs is 1. The van der Waals surface area contributed by atoms with Crippen LogP contribution in [0.5, 0.6) is 5.75 Å². The van der Waals surface area contributed by atoms with Crippen LogP contribution in [0.4, 0.5) is 0 Å². The monoisotopic (exact) mass is 340 g/mol. The highest BCUT2D eigenvalue weighted by Crippen LogP contribution is 2.14. The molecule has 0 saturated heterocycles. The van der Waals surface area contributed by atoms with Crippen LogP contribution in [0.3, 0.4) is 0 Å². The lowest BCUT2D eigenvalue weighted by atomic mass is 10.00. The average Bonchev–Trinajstić information content (AvgIpc) is 2.66. The Kier molecular flexibility index (Phi) is 5.84. The molecule has 0 spiro atoms. The number of rotatable bonds is 7. The molecular formula is C21H26NO3+. The van der Waals surface area contributed by atoms with Gasteiger partial charge in [-0.1, -0.05) is 31.2 Å². The number of hydrogen-bond donors (Lipinski definition) is 2. The zero-order valence-corrected chi connectivity index (χ0v) is 14.7. The fraction of sp³-hybridized carbons (Fsp3) is 0.381. The van der Waals surface area contributed by atoms with Crippen molar-refractivity contribution in [2.45, 2.75) is 32.4 Å². The minimum atomic E-state index is -0.503. The van der Waals surface area contributed by atoms with Gasteiger partial charge in [-0.2, -0.15) is 0 Å². The summed E-state index contributed by atoms with van der Waals surface area (Å²) in [6, 6.07) is 15.7. The number of Topliss-reactive ketones (excluding diaryl/α,β-unsaturated/α-hetero) is 1. The first-order chi connectivity index (χ1) is 12.2. The molecule has 0 bridgehead atoms. The number of ketones is 1. The van der Waals surface area contributed by atoms with Crippen LogP contribution in [0.15, 0.2) is 48.5 Å². The molecule has 0 saturated carbocycles. The summed E-state index contributed by atoms with van der Waals surface area (Å²) in [5.41, 5.74) is 3.51. The van der Waals surface area contributed by atoms with E-state index >= 15 is 0 Å². The Morgan fingerprint density at radius 3 is 2.60 bits per heavy atom. The van der Waals surface area contributed by atoms with Crippen molar-refractivity contribution in [2.75, 3.05) is 19.7 Å². The fourth-order valence-electron chi connectivity index (χ4n) is 3.34. The molecule has 2 aromatic rings. The van der Waals surface area contributed by atoms with Crippen molar-refractivity contribution in [3.8, 4) is 5.75 Å². The summed E-state index contributed by atoms with van der Waals surface area (Å²) in [5.74, 6) is 0.811. The van der Waals surface area contributed by atoms with Crippen LogP contribution in [0.1, 0.15) is 34.8 Å². The Morgan fingerprint density at radius 2 is 1.88 bits per heavy atom. The number of hydrogen-bond acceptors (Lipinski definition) is 3. The minimum absolute atomic E-state index is 0.126. The molecule has 4 nitrogen and oxygen atoms in total. The van der Waals surface area contributed by atoms with E-state index < -0.39 is 6.10 Å². The minimum Gasteiger partial charge on any atom is -0.491 e. The van der Waals surface area contributed by atoms with Gasteiger partial charge in [0, 0.05) is 24.0 Å². The molecule has 1 aliphatic rings. The van der Waals surface area contributed by atoms with Crippen molar-refractivity contribution in [1.29, 1.82) is 0 Å². The number of carbonyl (C=O) groups is 1. The van der Waals surface area contributed by atoms with E-state index in [0.29, 0.717) is 24.3 Å². The van der Waals surface area contributed by atoms with E-state index in [0.717, 1.165) is 19.5 Å². The fourth-order valence-corrected chi connectivity index (χ4v) is 3.34. The summed E-state index contributed by atoms with van der Waals surface area (Å²) in [4.78, 5) is 13.0. The van der Waals surface area contributed by atoms with Gasteiger partial charge in [0.1, 0.15) is 31.5 Å². The molecular weight excluding hydrogens is 314 g/mol. The topological polar surface area (TPSA) is 51.0 Å². The third-order valence-electron chi connectivity index (χ3n) is 4.77.